The molecule has 0 radical (unpaired) electrons. The smallest absolute Gasteiger partial charge is 0.152 e. The first-order valence-corrected chi connectivity index (χ1v) is 6.33. The Balaban J connectivity index is 2.48. The van der Waals surface area contributed by atoms with Crippen molar-refractivity contribution in [2.75, 3.05) is 11.9 Å². The maximum atomic E-state index is 4.35. The number of nitrogens with one attached hydrogen (secondary N) is 1. The molecule has 0 saturated heterocycles. The van der Waals surface area contributed by atoms with Crippen LogP contribution in [-0.2, 0) is 0 Å². The number of rotatable bonds is 3. The predicted molar refractivity (Wildman–Crippen MR) is 67.2 cm³/mol. The van der Waals surface area contributed by atoms with Crippen LogP contribution in [0.2, 0.25) is 0 Å². The minimum atomic E-state index is 0.833. The molecule has 0 fully saturated rings. The number of thiophene rings is 1. The molecule has 2 aromatic heterocycles. The van der Waals surface area contributed by atoms with Gasteiger partial charge in [-0.25, -0.2) is 4.98 Å². The summed E-state index contributed by atoms with van der Waals surface area (Å²) in [6, 6.07) is 0. The van der Waals surface area contributed by atoms with E-state index in [2.05, 4.69) is 36.6 Å². The Morgan fingerprint density at radius 1 is 1.33 bits per heavy atom. The average molecular weight is 284 g/mol. The van der Waals surface area contributed by atoms with Gasteiger partial charge in [-0.15, -0.1) is 0 Å². The molecule has 0 aliphatic heterocycles. The first-order valence-electron chi connectivity index (χ1n) is 4.60. The van der Waals surface area contributed by atoms with Crippen LogP contribution in [0.15, 0.2) is 27.6 Å². The maximum absolute atomic E-state index is 4.35. The van der Waals surface area contributed by atoms with Gasteiger partial charge in [-0.1, -0.05) is 0 Å². The second kappa shape index (κ2) is 4.72. The van der Waals surface area contributed by atoms with Crippen molar-refractivity contribution >= 4 is 33.1 Å². The van der Waals surface area contributed by atoms with E-state index in [0.717, 1.165) is 28.1 Å². The number of aromatic nitrogens is 2. The quantitative estimate of drug-likeness (QED) is 0.938. The fourth-order valence-electron chi connectivity index (χ4n) is 1.28. The van der Waals surface area contributed by atoms with E-state index in [9.17, 15) is 0 Å². The fraction of sp³-hybridized carbons (Fsp3) is 0.200. The van der Waals surface area contributed by atoms with Gasteiger partial charge in [0.25, 0.3) is 0 Å². The number of hydrogen-bond acceptors (Lipinski definition) is 4. The van der Waals surface area contributed by atoms with E-state index < -0.39 is 0 Å². The van der Waals surface area contributed by atoms with Crippen molar-refractivity contribution < 1.29 is 0 Å². The van der Waals surface area contributed by atoms with Crippen molar-refractivity contribution in [3.63, 3.8) is 0 Å². The molecule has 2 aromatic rings. The summed E-state index contributed by atoms with van der Waals surface area (Å²) >= 11 is 5.15. The Bertz CT molecular complexity index is 455. The molecule has 0 bridgehead atoms. The molecule has 0 aromatic carbocycles. The van der Waals surface area contributed by atoms with E-state index in [-0.39, 0.29) is 0 Å². The molecule has 1 N–H and O–H groups in total. The van der Waals surface area contributed by atoms with Gasteiger partial charge in [0.05, 0.1) is 0 Å². The van der Waals surface area contributed by atoms with Crippen molar-refractivity contribution in [3.05, 3.63) is 27.6 Å². The summed E-state index contributed by atoms with van der Waals surface area (Å²) in [5.74, 6) is 0.833. The second-order valence-electron chi connectivity index (χ2n) is 2.92. The van der Waals surface area contributed by atoms with Crippen molar-refractivity contribution in [3.8, 4) is 11.3 Å². The Morgan fingerprint density at radius 2 is 2.13 bits per heavy atom. The third kappa shape index (κ3) is 2.18. The first kappa shape index (κ1) is 10.6. The molecule has 0 spiro atoms. The Hall–Kier alpha value is -0.940. The standard InChI is InChI=1S/C10H10BrN3S/c1-2-12-10-9(13-3-4-14-10)7-5-15-6-8(7)11/h3-6H,2H2,1H3,(H,12,14). The van der Waals surface area contributed by atoms with Gasteiger partial charge in [0.15, 0.2) is 5.82 Å². The summed E-state index contributed by atoms with van der Waals surface area (Å²) < 4.78 is 1.06. The summed E-state index contributed by atoms with van der Waals surface area (Å²) in [4.78, 5) is 8.63. The average Bonchev–Trinajstić information content (AvgIpc) is 2.66. The van der Waals surface area contributed by atoms with Gasteiger partial charge in [-0.3, -0.25) is 4.98 Å². The molecule has 0 unspecified atom stereocenters. The van der Waals surface area contributed by atoms with E-state index in [0.29, 0.717) is 0 Å². The van der Waals surface area contributed by atoms with E-state index in [4.69, 9.17) is 0 Å². The summed E-state index contributed by atoms with van der Waals surface area (Å²) in [6.45, 7) is 2.88. The van der Waals surface area contributed by atoms with Crippen LogP contribution in [0.3, 0.4) is 0 Å². The number of anilines is 1. The first-order chi connectivity index (χ1) is 7.33. The molecule has 0 amide bonds. The summed E-state index contributed by atoms with van der Waals surface area (Å²) in [5, 5.41) is 7.31. The minimum Gasteiger partial charge on any atom is -0.369 e. The van der Waals surface area contributed by atoms with Crippen molar-refractivity contribution in [1.82, 2.24) is 9.97 Å². The maximum Gasteiger partial charge on any atom is 0.152 e. The molecular weight excluding hydrogens is 274 g/mol. The molecule has 2 heterocycles. The normalized spacial score (nSPS) is 10.3. The van der Waals surface area contributed by atoms with E-state index in [1.807, 2.05) is 12.3 Å². The zero-order valence-electron chi connectivity index (χ0n) is 8.20. The molecule has 78 valence electrons. The third-order valence-electron chi connectivity index (χ3n) is 1.91. The van der Waals surface area contributed by atoms with Gasteiger partial charge in [0.1, 0.15) is 5.69 Å². The summed E-state index contributed by atoms with van der Waals surface area (Å²) in [6.07, 6.45) is 3.40. The van der Waals surface area contributed by atoms with Crippen LogP contribution in [0.1, 0.15) is 6.92 Å². The lowest BCUT2D eigenvalue weighted by molar-refractivity contribution is 1.12. The number of hydrogen-bond donors (Lipinski definition) is 1. The lowest BCUT2D eigenvalue weighted by atomic mass is 10.2. The largest absolute Gasteiger partial charge is 0.369 e. The van der Waals surface area contributed by atoms with Gasteiger partial charge < -0.3 is 5.32 Å². The van der Waals surface area contributed by atoms with Crippen LogP contribution in [0.5, 0.6) is 0 Å². The minimum absolute atomic E-state index is 0.833. The second-order valence-corrected chi connectivity index (χ2v) is 4.52. The fourth-order valence-corrected chi connectivity index (χ4v) is 2.75. The molecule has 0 aliphatic carbocycles. The number of halogens is 1. The molecule has 0 aliphatic rings. The van der Waals surface area contributed by atoms with Crippen LogP contribution in [0, 0.1) is 0 Å². The van der Waals surface area contributed by atoms with Gasteiger partial charge in [0, 0.05) is 39.7 Å². The van der Waals surface area contributed by atoms with Crippen LogP contribution in [-0.4, -0.2) is 16.5 Å². The third-order valence-corrected chi connectivity index (χ3v) is 3.61. The molecule has 5 heteroatoms. The molecular formula is C10H10BrN3S. The molecule has 3 nitrogen and oxygen atoms in total. The monoisotopic (exact) mass is 283 g/mol. The lowest BCUT2D eigenvalue weighted by Gasteiger charge is -2.06. The predicted octanol–water partition coefficient (Wildman–Crippen LogP) is 3.40. The lowest BCUT2D eigenvalue weighted by Crippen LogP contribution is -2.02. The van der Waals surface area contributed by atoms with E-state index in [1.165, 1.54) is 0 Å². The highest BCUT2D eigenvalue weighted by Gasteiger charge is 2.10. The molecule has 2 rings (SSSR count). The molecule has 15 heavy (non-hydrogen) atoms. The molecule has 0 saturated carbocycles. The number of nitrogens with zero attached hydrogens (tertiary/aromatic N) is 2. The van der Waals surface area contributed by atoms with Crippen LogP contribution >= 0.6 is 27.3 Å². The van der Waals surface area contributed by atoms with Crippen molar-refractivity contribution in [2.24, 2.45) is 0 Å². The Morgan fingerprint density at radius 3 is 2.80 bits per heavy atom. The zero-order valence-corrected chi connectivity index (χ0v) is 10.6. The topological polar surface area (TPSA) is 37.8 Å². The van der Waals surface area contributed by atoms with Crippen LogP contribution < -0.4 is 5.32 Å². The Kier molecular flexibility index (Phi) is 3.33. The van der Waals surface area contributed by atoms with Crippen LogP contribution in [0.25, 0.3) is 11.3 Å². The van der Waals surface area contributed by atoms with Crippen molar-refractivity contribution in [2.45, 2.75) is 6.92 Å². The SMILES string of the molecule is CCNc1nccnc1-c1cscc1Br. The van der Waals surface area contributed by atoms with Gasteiger partial charge >= 0.3 is 0 Å². The van der Waals surface area contributed by atoms with Gasteiger partial charge in [-0.05, 0) is 22.9 Å². The van der Waals surface area contributed by atoms with Crippen LogP contribution in [0.4, 0.5) is 5.82 Å². The molecule has 0 atom stereocenters. The van der Waals surface area contributed by atoms with Gasteiger partial charge in [0.2, 0.25) is 0 Å². The van der Waals surface area contributed by atoms with E-state index in [1.54, 1.807) is 23.7 Å². The summed E-state index contributed by atoms with van der Waals surface area (Å²) in [7, 11) is 0. The Labute approximate surface area is 101 Å². The highest BCUT2D eigenvalue weighted by atomic mass is 79.9. The van der Waals surface area contributed by atoms with E-state index >= 15 is 0 Å². The highest BCUT2D eigenvalue weighted by molar-refractivity contribution is 9.10. The zero-order chi connectivity index (χ0) is 10.7. The summed E-state index contributed by atoms with van der Waals surface area (Å²) in [5.41, 5.74) is 1.98. The highest BCUT2D eigenvalue weighted by Crippen LogP contribution is 2.33. The van der Waals surface area contributed by atoms with Crippen molar-refractivity contribution in [1.29, 1.82) is 0 Å². The van der Waals surface area contributed by atoms with Gasteiger partial charge in [-0.2, -0.15) is 11.3 Å².